The van der Waals surface area contributed by atoms with E-state index in [2.05, 4.69) is 54.3 Å². The minimum Gasteiger partial charge on any atom is -0.463 e. The molecule has 0 bridgehead atoms. The van der Waals surface area contributed by atoms with Gasteiger partial charge in [0.2, 0.25) is 6.41 Å². The number of carbonyl (C=O) groups excluding carboxylic acids is 2. The van der Waals surface area contributed by atoms with Crippen LogP contribution in [0.3, 0.4) is 0 Å². The van der Waals surface area contributed by atoms with Crippen molar-refractivity contribution < 1.29 is 14.3 Å². The Bertz CT molecular complexity index is 1300. The van der Waals surface area contributed by atoms with Gasteiger partial charge in [0.25, 0.3) is 0 Å². The number of carbonyl (C=O) groups is 2. The summed E-state index contributed by atoms with van der Waals surface area (Å²) in [6, 6.07) is 9.76. The summed E-state index contributed by atoms with van der Waals surface area (Å²) in [6.07, 6.45) is 17.1. The van der Waals surface area contributed by atoms with Gasteiger partial charge < -0.3 is 15.4 Å². The first kappa shape index (κ1) is 33.8. The Morgan fingerprint density at radius 3 is 2.48 bits per heavy atom. The third-order valence-electron chi connectivity index (χ3n) is 6.77. The molecule has 1 aliphatic rings. The first-order valence-corrected chi connectivity index (χ1v) is 14.6. The quantitative estimate of drug-likeness (QED) is 0.0603. The van der Waals surface area contributed by atoms with E-state index in [0.29, 0.717) is 40.7 Å². The highest BCUT2D eigenvalue weighted by Crippen LogP contribution is 2.40. The molecule has 1 heterocycles. The molecule has 0 spiro atoms. The summed E-state index contributed by atoms with van der Waals surface area (Å²) in [7, 11) is 1.71. The maximum absolute atomic E-state index is 13.5. The van der Waals surface area contributed by atoms with Crippen LogP contribution in [0.4, 0.5) is 0 Å². The molecule has 1 atom stereocenters. The molecule has 7 nitrogen and oxygen atoms in total. The zero-order valence-electron chi connectivity index (χ0n) is 25.9. The van der Waals surface area contributed by atoms with E-state index in [0.717, 1.165) is 31.2 Å². The monoisotopic (exact) mass is 570 g/mol. The molecule has 1 aromatic carbocycles. The number of aliphatic imine (C=N–C) groups is 1. The van der Waals surface area contributed by atoms with Gasteiger partial charge in [0, 0.05) is 30.6 Å². The number of hydrogen-bond donors (Lipinski definition) is 2. The fourth-order valence-corrected chi connectivity index (χ4v) is 4.84. The van der Waals surface area contributed by atoms with Gasteiger partial charge >= 0.3 is 5.97 Å². The van der Waals surface area contributed by atoms with E-state index in [4.69, 9.17) is 4.74 Å². The summed E-state index contributed by atoms with van der Waals surface area (Å²) < 4.78 is 5.53. The molecule has 0 radical (unpaired) electrons. The Labute approximate surface area is 251 Å². The van der Waals surface area contributed by atoms with Gasteiger partial charge in [-0.15, -0.1) is 0 Å². The summed E-state index contributed by atoms with van der Waals surface area (Å²) in [6.45, 7) is 14.4. The van der Waals surface area contributed by atoms with E-state index in [1.54, 1.807) is 26.1 Å². The number of amides is 1. The van der Waals surface area contributed by atoms with Crippen molar-refractivity contribution in [1.29, 1.82) is 0 Å². The second-order valence-electron chi connectivity index (χ2n) is 9.57. The van der Waals surface area contributed by atoms with Crippen LogP contribution in [0.15, 0.2) is 118 Å². The van der Waals surface area contributed by atoms with Crippen LogP contribution in [0.5, 0.6) is 0 Å². The lowest BCUT2D eigenvalue weighted by Crippen LogP contribution is -2.42. The van der Waals surface area contributed by atoms with Crippen LogP contribution in [0.2, 0.25) is 0 Å². The normalized spacial score (nSPS) is 16.6. The summed E-state index contributed by atoms with van der Waals surface area (Å²) in [5, 5.41) is 6.88. The molecular weight excluding hydrogens is 524 g/mol. The molecule has 7 heteroatoms. The third-order valence-corrected chi connectivity index (χ3v) is 6.77. The molecule has 0 saturated heterocycles. The van der Waals surface area contributed by atoms with E-state index >= 15 is 0 Å². The number of dihydropyridines is 1. The Morgan fingerprint density at radius 2 is 1.90 bits per heavy atom. The van der Waals surface area contributed by atoms with Crippen LogP contribution in [-0.4, -0.2) is 43.3 Å². The van der Waals surface area contributed by atoms with Crippen molar-refractivity contribution in [3.05, 3.63) is 119 Å². The number of amidine groups is 1. The van der Waals surface area contributed by atoms with Crippen molar-refractivity contribution in [2.45, 2.75) is 59.8 Å². The minimum absolute atomic E-state index is 0.240. The van der Waals surface area contributed by atoms with Gasteiger partial charge in [0.05, 0.1) is 18.1 Å². The smallest absolute Gasteiger partial charge is 0.336 e. The van der Waals surface area contributed by atoms with Gasteiger partial charge in [-0.25, -0.2) is 4.79 Å². The lowest BCUT2D eigenvalue weighted by Gasteiger charge is -2.36. The second-order valence-corrected chi connectivity index (χ2v) is 9.57. The van der Waals surface area contributed by atoms with Gasteiger partial charge in [-0.3, -0.25) is 14.7 Å². The van der Waals surface area contributed by atoms with Gasteiger partial charge in [-0.1, -0.05) is 79.8 Å². The van der Waals surface area contributed by atoms with E-state index in [1.807, 2.05) is 56.3 Å². The maximum atomic E-state index is 13.5. The average Bonchev–Trinajstić information content (AvgIpc) is 3.00. The second kappa shape index (κ2) is 18.1. The first-order valence-electron chi connectivity index (χ1n) is 14.6. The van der Waals surface area contributed by atoms with Crippen molar-refractivity contribution in [2.24, 2.45) is 4.99 Å². The molecule has 1 unspecified atom stereocenters. The number of ether oxygens (including phenoxy) is 1. The maximum Gasteiger partial charge on any atom is 0.336 e. The van der Waals surface area contributed by atoms with E-state index < -0.39 is 11.9 Å². The lowest BCUT2D eigenvalue weighted by atomic mass is 9.80. The predicted octanol–water partition coefficient (Wildman–Crippen LogP) is 6.84. The van der Waals surface area contributed by atoms with Crippen molar-refractivity contribution in [1.82, 2.24) is 15.5 Å². The molecule has 1 aliphatic heterocycles. The van der Waals surface area contributed by atoms with Crippen LogP contribution in [0.25, 0.3) is 0 Å². The van der Waals surface area contributed by atoms with Crippen LogP contribution in [0.1, 0.15) is 65.4 Å². The average molecular weight is 571 g/mol. The summed E-state index contributed by atoms with van der Waals surface area (Å²) >= 11 is 0. The fraction of sp³-hybridized carbons (Fsp3) is 0.343. The van der Waals surface area contributed by atoms with Crippen molar-refractivity contribution in [3.63, 3.8) is 0 Å². The zero-order chi connectivity index (χ0) is 30.9. The Balaban J connectivity index is 2.74. The molecule has 1 aromatic rings. The Morgan fingerprint density at radius 1 is 1.17 bits per heavy atom. The number of nitrogens with one attached hydrogen (secondary N) is 2. The SMILES string of the molecule is C=C/C=C(\C=C/C)N(C=O)C1=C(C(=NC)NCCCC(/C=C\CC)=C/C)C(c2ccccc2)C(C(=O)OCC)=C(C)N1. The Kier molecular flexibility index (Phi) is 14.6. The number of allylic oxidation sites excluding steroid dienone is 9. The van der Waals surface area contributed by atoms with Crippen LogP contribution >= 0.6 is 0 Å². The summed E-state index contributed by atoms with van der Waals surface area (Å²) in [5.41, 5.74) is 4.50. The summed E-state index contributed by atoms with van der Waals surface area (Å²) in [5.74, 6) is 0.113. The Hall–Kier alpha value is -4.39. The van der Waals surface area contributed by atoms with Gasteiger partial charge in [0.1, 0.15) is 11.7 Å². The number of benzene rings is 1. The number of nitrogens with zero attached hydrogens (tertiary/aromatic N) is 2. The highest BCUT2D eigenvalue weighted by Gasteiger charge is 2.39. The molecule has 0 aliphatic carbocycles. The van der Waals surface area contributed by atoms with Gasteiger partial charge in [-0.2, -0.15) is 0 Å². The molecule has 2 N–H and O–H groups in total. The molecular formula is C35H46N4O3. The predicted molar refractivity (Wildman–Crippen MR) is 173 cm³/mol. The van der Waals surface area contributed by atoms with Gasteiger partial charge in [-0.05, 0) is 64.7 Å². The van der Waals surface area contributed by atoms with Crippen molar-refractivity contribution in [2.75, 3.05) is 20.2 Å². The molecule has 42 heavy (non-hydrogen) atoms. The first-order chi connectivity index (χ1) is 20.4. The number of rotatable bonds is 15. The van der Waals surface area contributed by atoms with Gasteiger partial charge in [0.15, 0.2) is 0 Å². The molecule has 1 amide bonds. The number of esters is 1. The lowest BCUT2D eigenvalue weighted by molar-refractivity contribution is -0.138. The topological polar surface area (TPSA) is 83.0 Å². The molecule has 0 fully saturated rings. The third kappa shape index (κ3) is 8.80. The molecule has 0 saturated carbocycles. The van der Waals surface area contributed by atoms with Crippen LogP contribution < -0.4 is 10.6 Å². The van der Waals surface area contributed by atoms with E-state index in [9.17, 15) is 9.59 Å². The number of hydrogen-bond acceptors (Lipinski definition) is 5. The van der Waals surface area contributed by atoms with E-state index in [-0.39, 0.29) is 6.61 Å². The standard InChI is InChI=1S/C35H46N4O3/c1-8-13-20-27(11-4)21-17-24-37-33(36-7)32-31(28-22-15-14-16-23-28)30(35(41)42-12-5)26(6)38-34(32)39(25-40)29(18-9-2)19-10-3/h9-11,13-16,18-20,22-23,25,31,38H,2,8,12,17,21,24H2,1,3-7H3,(H,36,37)/b19-10-,20-13-,27-11+,29-18+. The zero-order valence-corrected chi connectivity index (χ0v) is 25.9. The fourth-order valence-electron chi connectivity index (χ4n) is 4.84. The van der Waals surface area contributed by atoms with Crippen molar-refractivity contribution >= 4 is 18.2 Å². The minimum atomic E-state index is -0.552. The van der Waals surface area contributed by atoms with Crippen LogP contribution in [-0.2, 0) is 14.3 Å². The van der Waals surface area contributed by atoms with Crippen molar-refractivity contribution in [3.8, 4) is 0 Å². The van der Waals surface area contributed by atoms with E-state index in [1.165, 1.54) is 10.5 Å². The van der Waals surface area contributed by atoms with Crippen LogP contribution in [0, 0.1) is 0 Å². The molecule has 2 rings (SSSR count). The molecule has 0 aromatic heterocycles. The highest BCUT2D eigenvalue weighted by molar-refractivity contribution is 6.05. The molecule has 224 valence electrons. The largest absolute Gasteiger partial charge is 0.463 e. The highest BCUT2D eigenvalue weighted by atomic mass is 16.5. The summed E-state index contributed by atoms with van der Waals surface area (Å²) in [4.78, 5) is 32.4.